The molecule has 0 radical (unpaired) electrons. The van der Waals surface area contributed by atoms with Gasteiger partial charge in [0.05, 0.1) is 6.04 Å². The highest BCUT2D eigenvalue weighted by Gasteiger charge is 2.28. The lowest BCUT2D eigenvalue weighted by Crippen LogP contribution is -2.56. The van der Waals surface area contributed by atoms with Crippen molar-refractivity contribution in [1.82, 2.24) is 20.4 Å². The standard InChI is InChI=1S/C19H28N4O3/c1-14(2)18(25)23-11-9-22(10-12-23)15(3)17(24)21-19(26)20-13-16-7-5-4-6-8-16/h4-8,14-15H,9-13H2,1-3H3,(H2,20,21,24,26). The van der Waals surface area contributed by atoms with Gasteiger partial charge in [-0.25, -0.2) is 4.79 Å². The molecule has 1 atom stereocenters. The highest BCUT2D eigenvalue weighted by Crippen LogP contribution is 2.10. The molecule has 1 aliphatic rings. The van der Waals surface area contributed by atoms with Gasteiger partial charge in [-0.15, -0.1) is 0 Å². The van der Waals surface area contributed by atoms with Crippen LogP contribution in [0.15, 0.2) is 30.3 Å². The molecule has 2 rings (SSSR count). The first-order valence-corrected chi connectivity index (χ1v) is 9.04. The van der Waals surface area contributed by atoms with Gasteiger partial charge in [0.2, 0.25) is 11.8 Å². The van der Waals surface area contributed by atoms with Gasteiger partial charge in [0.15, 0.2) is 0 Å². The molecule has 26 heavy (non-hydrogen) atoms. The summed E-state index contributed by atoms with van der Waals surface area (Å²) in [7, 11) is 0. The number of benzene rings is 1. The first-order chi connectivity index (χ1) is 12.4. The zero-order valence-corrected chi connectivity index (χ0v) is 15.7. The minimum absolute atomic E-state index is 0.0180. The second-order valence-electron chi connectivity index (χ2n) is 6.85. The minimum Gasteiger partial charge on any atom is -0.340 e. The molecule has 7 heteroatoms. The predicted molar refractivity (Wildman–Crippen MR) is 99.3 cm³/mol. The van der Waals surface area contributed by atoms with Crippen LogP contribution in [0.2, 0.25) is 0 Å². The maximum atomic E-state index is 12.3. The molecular formula is C19H28N4O3. The Morgan fingerprint density at radius 1 is 1.00 bits per heavy atom. The van der Waals surface area contributed by atoms with E-state index >= 15 is 0 Å². The molecule has 1 aromatic rings. The number of amides is 4. The van der Waals surface area contributed by atoms with Crippen LogP contribution in [0, 0.1) is 5.92 Å². The van der Waals surface area contributed by atoms with Crippen LogP contribution in [0.3, 0.4) is 0 Å². The van der Waals surface area contributed by atoms with Gasteiger partial charge in [0.25, 0.3) is 0 Å². The molecule has 1 fully saturated rings. The molecule has 1 heterocycles. The van der Waals surface area contributed by atoms with Gasteiger partial charge in [0, 0.05) is 38.6 Å². The number of urea groups is 1. The van der Waals surface area contributed by atoms with Crippen molar-refractivity contribution in [3.8, 4) is 0 Å². The van der Waals surface area contributed by atoms with E-state index in [1.807, 2.05) is 54.0 Å². The quantitative estimate of drug-likeness (QED) is 0.827. The molecular weight excluding hydrogens is 332 g/mol. The third-order valence-electron chi connectivity index (χ3n) is 4.58. The Morgan fingerprint density at radius 3 is 2.19 bits per heavy atom. The lowest BCUT2D eigenvalue weighted by Gasteiger charge is -2.38. The van der Waals surface area contributed by atoms with E-state index in [1.54, 1.807) is 6.92 Å². The van der Waals surface area contributed by atoms with E-state index < -0.39 is 12.1 Å². The average molecular weight is 360 g/mol. The Labute approximate surface area is 154 Å². The van der Waals surface area contributed by atoms with Gasteiger partial charge in [-0.3, -0.25) is 19.8 Å². The number of hydrogen-bond donors (Lipinski definition) is 2. The second-order valence-corrected chi connectivity index (χ2v) is 6.85. The smallest absolute Gasteiger partial charge is 0.321 e. The lowest BCUT2D eigenvalue weighted by molar-refractivity contribution is -0.137. The van der Waals surface area contributed by atoms with Crippen molar-refractivity contribution in [2.75, 3.05) is 26.2 Å². The number of rotatable bonds is 5. The number of carbonyl (C=O) groups excluding carboxylic acids is 3. The van der Waals surface area contributed by atoms with E-state index in [1.165, 1.54) is 0 Å². The molecule has 0 aromatic heterocycles. The summed E-state index contributed by atoms with van der Waals surface area (Å²) >= 11 is 0. The molecule has 0 spiro atoms. The van der Waals surface area contributed by atoms with Crippen LogP contribution in [-0.2, 0) is 16.1 Å². The van der Waals surface area contributed by atoms with Crippen molar-refractivity contribution in [1.29, 1.82) is 0 Å². The van der Waals surface area contributed by atoms with Crippen LogP contribution >= 0.6 is 0 Å². The molecule has 4 amide bonds. The number of piperazine rings is 1. The average Bonchev–Trinajstić information content (AvgIpc) is 2.66. The molecule has 2 N–H and O–H groups in total. The molecule has 1 aromatic carbocycles. The van der Waals surface area contributed by atoms with Crippen molar-refractivity contribution in [3.63, 3.8) is 0 Å². The first kappa shape index (κ1) is 19.9. The van der Waals surface area contributed by atoms with Crippen molar-refractivity contribution >= 4 is 17.8 Å². The van der Waals surface area contributed by atoms with E-state index in [-0.39, 0.29) is 17.7 Å². The van der Waals surface area contributed by atoms with Gasteiger partial charge in [-0.05, 0) is 12.5 Å². The summed E-state index contributed by atoms with van der Waals surface area (Å²) in [5, 5.41) is 5.07. The Balaban J connectivity index is 1.75. The molecule has 0 aliphatic carbocycles. The van der Waals surface area contributed by atoms with Crippen molar-refractivity contribution in [2.45, 2.75) is 33.4 Å². The van der Waals surface area contributed by atoms with E-state index in [0.717, 1.165) is 5.56 Å². The largest absolute Gasteiger partial charge is 0.340 e. The zero-order valence-electron chi connectivity index (χ0n) is 15.7. The fourth-order valence-electron chi connectivity index (χ4n) is 2.90. The maximum absolute atomic E-state index is 12.3. The summed E-state index contributed by atoms with van der Waals surface area (Å²) < 4.78 is 0. The van der Waals surface area contributed by atoms with Gasteiger partial charge in [-0.2, -0.15) is 0 Å². The van der Waals surface area contributed by atoms with E-state index in [9.17, 15) is 14.4 Å². The molecule has 0 saturated carbocycles. The van der Waals surface area contributed by atoms with Crippen LogP contribution in [-0.4, -0.2) is 59.9 Å². The molecule has 1 aliphatic heterocycles. The maximum Gasteiger partial charge on any atom is 0.321 e. The summed E-state index contributed by atoms with van der Waals surface area (Å²) in [4.78, 5) is 40.0. The number of hydrogen-bond acceptors (Lipinski definition) is 4. The predicted octanol–water partition coefficient (Wildman–Crippen LogP) is 1.20. The summed E-state index contributed by atoms with van der Waals surface area (Å²) in [6.07, 6.45) is 0. The summed E-state index contributed by atoms with van der Waals surface area (Å²) in [6.45, 7) is 8.38. The fourth-order valence-corrected chi connectivity index (χ4v) is 2.90. The topological polar surface area (TPSA) is 81.8 Å². The Bertz CT molecular complexity index is 625. The molecule has 142 valence electrons. The van der Waals surface area contributed by atoms with Gasteiger partial charge >= 0.3 is 6.03 Å². The first-order valence-electron chi connectivity index (χ1n) is 9.04. The Hall–Kier alpha value is -2.41. The molecule has 1 saturated heterocycles. The van der Waals surface area contributed by atoms with Crippen LogP contribution < -0.4 is 10.6 Å². The van der Waals surface area contributed by atoms with Crippen molar-refractivity contribution < 1.29 is 14.4 Å². The van der Waals surface area contributed by atoms with Gasteiger partial charge < -0.3 is 10.2 Å². The number of carbonyl (C=O) groups is 3. The second kappa shape index (κ2) is 9.33. The zero-order chi connectivity index (χ0) is 19.1. The fraction of sp³-hybridized carbons (Fsp3) is 0.526. The summed E-state index contributed by atoms with van der Waals surface area (Å²) in [5.74, 6) is -0.211. The highest BCUT2D eigenvalue weighted by atomic mass is 16.2. The number of imide groups is 1. The van der Waals surface area contributed by atoms with Crippen LogP contribution in [0.1, 0.15) is 26.3 Å². The van der Waals surface area contributed by atoms with E-state index in [2.05, 4.69) is 10.6 Å². The molecule has 7 nitrogen and oxygen atoms in total. The number of nitrogens with zero attached hydrogens (tertiary/aromatic N) is 2. The summed E-state index contributed by atoms with van der Waals surface area (Å²) in [6, 6.07) is 8.58. The third-order valence-corrected chi connectivity index (χ3v) is 4.58. The highest BCUT2D eigenvalue weighted by molar-refractivity contribution is 5.96. The van der Waals surface area contributed by atoms with Crippen LogP contribution in [0.5, 0.6) is 0 Å². The molecule has 1 unspecified atom stereocenters. The monoisotopic (exact) mass is 360 g/mol. The summed E-state index contributed by atoms with van der Waals surface area (Å²) in [5.41, 5.74) is 0.967. The lowest BCUT2D eigenvalue weighted by atomic mass is 10.1. The van der Waals surface area contributed by atoms with Gasteiger partial charge in [-0.1, -0.05) is 44.2 Å². The minimum atomic E-state index is -0.501. The van der Waals surface area contributed by atoms with Crippen molar-refractivity contribution in [3.05, 3.63) is 35.9 Å². The Kier molecular flexibility index (Phi) is 7.15. The number of nitrogens with one attached hydrogen (secondary N) is 2. The van der Waals surface area contributed by atoms with Crippen molar-refractivity contribution in [2.24, 2.45) is 5.92 Å². The van der Waals surface area contributed by atoms with E-state index in [0.29, 0.717) is 32.7 Å². The van der Waals surface area contributed by atoms with Gasteiger partial charge in [0.1, 0.15) is 0 Å². The Morgan fingerprint density at radius 2 is 1.62 bits per heavy atom. The van der Waals surface area contributed by atoms with Crippen LogP contribution in [0.4, 0.5) is 4.79 Å². The van der Waals surface area contributed by atoms with E-state index in [4.69, 9.17) is 0 Å². The SMILES string of the molecule is CC(C)C(=O)N1CCN(C(C)C(=O)NC(=O)NCc2ccccc2)CC1. The normalized spacial score (nSPS) is 16.2. The molecule has 0 bridgehead atoms. The third kappa shape index (κ3) is 5.56. The van der Waals surface area contributed by atoms with Crippen LogP contribution in [0.25, 0.3) is 0 Å².